The maximum atomic E-state index is 12.2. The maximum Gasteiger partial charge on any atom is 1.00 e. The fourth-order valence-electron chi connectivity index (χ4n) is 0.920. The first kappa shape index (κ1) is 14.0. The average molecular weight is 212 g/mol. The molecule has 14 heavy (non-hydrogen) atoms. The van der Waals surface area contributed by atoms with E-state index < -0.39 is 11.8 Å². The summed E-state index contributed by atoms with van der Waals surface area (Å²) < 4.78 is 36.6. The van der Waals surface area contributed by atoms with Crippen molar-refractivity contribution in [3.63, 3.8) is 0 Å². The minimum Gasteiger partial charge on any atom is -0.840 e. The van der Waals surface area contributed by atoms with E-state index in [-0.39, 0.29) is 35.1 Å². The molecule has 1 rings (SSSR count). The van der Waals surface area contributed by atoms with Crippen molar-refractivity contribution >= 4 is 0 Å². The fraction of sp³-hybridized carbons (Fsp3) is 0.333. The number of hydrogen-bond acceptors (Lipinski definition) is 1. The Kier molecular flexibility index (Phi) is 4.65. The summed E-state index contributed by atoms with van der Waals surface area (Å²) in [6, 6.07) is 6.76. The van der Waals surface area contributed by atoms with Crippen molar-refractivity contribution in [3.8, 4) is 0 Å². The van der Waals surface area contributed by atoms with Crippen molar-refractivity contribution in [3.05, 3.63) is 35.9 Å². The van der Waals surface area contributed by atoms with Crippen molar-refractivity contribution in [1.82, 2.24) is 0 Å². The Morgan fingerprint density at radius 1 is 1.07 bits per heavy atom. The Morgan fingerprint density at radius 2 is 1.50 bits per heavy atom. The molecule has 1 nitrogen and oxygen atoms in total. The zero-order valence-electron chi connectivity index (χ0n) is 7.93. The van der Waals surface area contributed by atoms with Crippen LogP contribution < -0.4 is 34.7 Å². The van der Waals surface area contributed by atoms with Gasteiger partial charge in [-0.1, -0.05) is 37.3 Å². The first-order valence-electron chi connectivity index (χ1n) is 3.68. The molecule has 0 aliphatic carbocycles. The van der Waals surface area contributed by atoms with Gasteiger partial charge >= 0.3 is 35.7 Å². The molecule has 1 aromatic carbocycles. The van der Waals surface area contributed by atoms with E-state index in [1.807, 2.05) is 0 Å². The molecule has 0 N–H and O–H groups in total. The molecule has 1 aromatic rings. The van der Waals surface area contributed by atoms with Gasteiger partial charge in [-0.15, -0.1) is 0 Å². The van der Waals surface area contributed by atoms with Crippen molar-refractivity contribution in [1.29, 1.82) is 0 Å². The minimum atomic E-state index is -4.76. The molecule has 0 bridgehead atoms. The second-order valence-corrected chi connectivity index (χ2v) is 2.90. The molecule has 5 heteroatoms. The van der Waals surface area contributed by atoms with Crippen LogP contribution in [0, 0.1) is 0 Å². The molecule has 0 aliphatic heterocycles. The van der Waals surface area contributed by atoms with E-state index >= 15 is 0 Å². The van der Waals surface area contributed by atoms with Crippen LogP contribution in [0.4, 0.5) is 13.2 Å². The summed E-state index contributed by atoms with van der Waals surface area (Å²) in [6.45, 7) is 0.627. The van der Waals surface area contributed by atoms with Crippen molar-refractivity contribution in [2.24, 2.45) is 0 Å². The van der Waals surface area contributed by atoms with E-state index in [2.05, 4.69) is 0 Å². The fourth-order valence-corrected chi connectivity index (χ4v) is 0.920. The molecule has 0 spiro atoms. The Morgan fingerprint density at radius 3 is 1.86 bits per heavy atom. The van der Waals surface area contributed by atoms with Gasteiger partial charge in [0.15, 0.2) is 0 Å². The molecular weight excluding hydrogens is 204 g/mol. The SMILES string of the molecule is CC([O-])(c1ccccc1)C(F)(F)F.[Na+]. The Labute approximate surface area is 102 Å². The number of rotatable bonds is 1. The summed E-state index contributed by atoms with van der Waals surface area (Å²) in [5.41, 5.74) is -3.28. The van der Waals surface area contributed by atoms with Crippen LogP contribution in [0.2, 0.25) is 0 Å². The summed E-state index contributed by atoms with van der Waals surface area (Å²) in [4.78, 5) is 0. The van der Waals surface area contributed by atoms with Crippen molar-refractivity contribution in [2.45, 2.75) is 18.7 Å². The maximum absolute atomic E-state index is 12.2. The number of benzene rings is 1. The molecule has 0 saturated carbocycles. The van der Waals surface area contributed by atoms with Crippen LogP contribution in [0.15, 0.2) is 30.3 Å². The molecule has 1 atom stereocenters. The van der Waals surface area contributed by atoms with Crippen LogP contribution in [-0.4, -0.2) is 6.18 Å². The van der Waals surface area contributed by atoms with Crippen LogP contribution in [0.1, 0.15) is 12.5 Å². The summed E-state index contributed by atoms with van der Waals surface area (Å²) in [5, 5.41) is 11.2. The van der Waals surface area contributed by atoms with Gasteiger partial charge in [0.05, 0.1) is 0 Å². The summed E-state index contributed by atoms with van der Waals surface area (Å²) >= 11 is 0. The Balaban J connectivity index is 0.00000169. The van der Waals surface area contributed by atoms with Gasteiger partial charge in [-0.3, -0.25) is 0 Å². The van der Waals surface area contributed by atoms with E-state index in [4.69, 9.17) is 0 Å². The van der Waals surface area contributed by atoms with E-state index in [0.29, 0.717) is 6.92 Å². The van der Waals surface area contributed by atoms with Crippen LogP contribution in [-0.2, 0) is 5.60 Å². The first-order chi connectivity index (χ1) is 5.86. The minimum absolute atomic E-state index is 0. The second-order valence-electron chi connectivity index (χ2n) is 2.90. The third-order valence-corrected chi connectivity index (χ3v) is 1.87. The summed E-state index contributed by atoms with van der Waals surface area (Å²) in [6.07, 6.45) is -4.76. The number of hydrogen-bond donors (Lipinski definition) is 0. The average Bonchev–Trinajstić information content (AvgIpc) is 2.04. The van der Waals surface area contributed by atoms with E-state index in [0.717, 1.165) is 0 Å². The predicted molar refractivity (Wildman–Crippen MR) is 39.8 cm³/mol. The molecule has 0 aliphatic rings. The summed E-state index contributed by atoms with van der Waals surface area (Å²) in [7, 11) is 0. The van der Waals surface area contributed by atoms with Gasteiger partial charge in [0.1, 0.15) is 0 Å². The normalized spacial score (nSPS) is 15.5. The van der Waals surface area contributed by atoms with E-state index in [9.17, 15) is 18.3 Å². The van der Waals surface area contributed by atoms with Gasteiger partial charge in [0.2, 0.25) is 0 Å². The van der Waals surface area contributed by atoms with Gasteiger partial charge in [0, 0.05) is 5.60 Å². The van der Waals surface area contributed by atoms with Gasteiger partial charge in [-0.2, -0.15) is 13.2 Å². The molecule has 72 valence electrons. The number of halogens is 3. The molecule has 1 unspecified atom stereocenters. The Bertz CT molecular complexity index is 282. The smallest absolute Gasteiger partial charge is 0.840 e. The largest absolute Gasteiger partial charge is 1.00 e. The Hall–Kier alpha value is -0.0300. The zero-order chi connectivity index (χ0) is 10.1. The standard InChI is InChI=1S/C9H8F3O.Na/c1-8(13,9(10,11)12)7-5-3-2-4-6-7;/h2-6H,1H3;/q-1;+1. The van der Waals surface area contributed by atoms with E-state index in [1.165, 1.54) is 24.3 Å². The monoisotopic (exact) mass is 212 g/mol. The van der Waals surface area contributed by atoms with E-state index in [1.54, 1.807) is 6.07 Å². The quantitative estimate of drug-likeness (QED) is 0.538. The van der Waals surface area contributed by atoms with Crippen LogP contribution >= 0.6 is 0 Å². The topological polar surface area (TPSA) is 23.1 Å². The van der Waals surface area contributed by atoms with Crippen molar-refractivity contribution < 1.29 is 47.8 Å². The predicted octanol–water partition coefficient (Wildman–Crippen LogP) is -1.17. The van der Waals surface area contributed by atoms with Gasteiger partial charge in [-0.05, 0) is 5.56 Å². The van der Waals surface area contributed by atoms with Crippen LogP contribution in [0.25, 0.3) is 0 Å². The molecule has 0 amide bonds. The molecular formula is C9H8F3NaO. The third kappa shape index (κ3) is 2.73. The first-order valence-corrected chi connectivity index (χ1v) is 3.68. The second kappa shape index (κ2) is 4.66. The van der Waals surface area contributed by atoms with Gasteiger partial charge in [0.25, 0.3) is 0 Å². The van der Waals surface area contributed by atoms with Crippen molar-refractivity contribution in [2.75, 3.05) is 0 Å². The summed E-state index contributed by atoms with van der Waals surface area (Å²) in [5.74, 6) is 0. The number of alkyl halides is 3. The molecule has 0 aromatic heterocycles. The zero-order valence-corrected chi connectivity index (χ0v) is 9.93. The molecule has 0 heterocycles. The van der Waals surface area contributed by atoms with Gasteiger partial charge < -0.3 is 5.11 Å². The third-order valence-electron chi connectivity index (χ3n) is 1.87. The molecule has 0 fully saturated rings. The molecule has 0 radical (unpaired) electrons. The molecule has 0 saturated heterocycles. The van der Waals surface area contributed by atoms with Crippen LogP contribution in [0.3, 0.4) is 0 Å². The van der Waals surface area contributed by atoms with Crippen LogP contribution in [0.5, 0.6) is 0 Å². The van der Waals surface area contributed by atoms with Gasteiger partial charge in [-0.25, -0.2) is 0 Å².